The summed E-state index contributed by atoms with van der Waals surface area (Å²) in [5, 5.41) is 4.34. The van der Waals surface area contributed by atoms with Gasteiger partial charge in [-0.2, -0.15) is 11.3 Å². The van der Waals surface area contributed by atoms with E-state index in [2.05, 4.69) is 16.8 Å². The fourth-order valence-corrected chi connectivity index (χ4v) is 2.94. The number of hydrogen-bond donors (Lipinski definition) is 1. The van der Waals surface area contributed by atoms with E-state index in [1.807, 2.05) is 0 Å². The number of hydrogen-bond acceptors (Lipinski definition) is 3. The van der Waals surface area contributed by atoms with Crippen molar-refractivity contribution in [1.29, 1.82) is 0 Å². The maximum absolute atomic E-state index is 6.14. The van der Waals surface area contributed by atoms with Crippen LogP contribution in [0.15, 0.2) is 16.8 Å². The van der Waals surface area contributed by atoms with Gasteiger partial charge in [0.2, 0.25) is 0 Å². The van der Waals surface area contributed by atoms with Crippen LogP contribution in [0.5, 0.6) is 0 Å². The maximum atomic E-state index is 6.14. The second-order valence-electron chi connectivity index (χ2n) is 4.65. The molecule has 0 bridgehead atoms. The maximum Gasteiger partial charge on any atom is 0.0589 e. The molecular formula is C13H21NOS. The molecule has 1 aliphatic rings. The third-order valence-corrected chi connectivity index (χ3v) is 3.96. The van der Waals surface area contributed by atoms with Crippen molar-refractivity contribution < 1.29 is 4.74 Å². The van der Waals surface area contributed by atoms with Crippen molar-refractivity contribution in [3.63, 3.8) is 0 Å². The predicted molar refractivity (Wildman–Crippen MR) is 68.8 cm³/mol. The van der Waals surface area contributed by atoms with Gasteiger partial charge < -0.3 is 10.5 Å². The predicted octanol–water partition coefficient (Wildman–Crippen LogP) is 2.97. The second kappa shape index (κ2) is 6.38. The minimum atomic E-state index is 0.294. The molecule has 0 aliphatic carbocycles. The Labute approximate surface area is 102 Å². The van der Waals surface area contributed by atoms with E-state index in [0.29, 0.717) is 12.1 Å². The lowest BCUT2D eigenvalue weighted by molar-refractivity contribution is 0.00704. The van der Waals surface area contributed by atoms with Crippen molar-refractivity contribution in [1.82, 2.24) is 0 Å². The molecule has 2 unspecified atom stereocenters. The molecule has 3 heteroatoms. The zero-order chi connectivity index (χ0) is 11.2. The van der Waals surface area contributed by atoms with Crippen LogP contribution in [0, 0.1) is 0 Å². The average Bonchev–Trinajstić information content (AvgIpc) is 2.81. The Morgan fingerprint density at radius 2 is 2.44 bits per heavy atom. The number of ether oxygens (including phenoxy) is 1. The van der Waals surface area contributed by atoms with E-state index in [1.165, 1.54) is 24.8 Å². The number of thiophene rings is 1. The van der Waals surface area contributed by atoms with Gasteiger partial charge >= 0.3 is 0 Å². The van der Waals surface area contributed by atoms with Crippen LogP contribution in [0.25, 0.3) is 0 Å². The minimum absolute atomic E-state index is 0.294. The van der Waals surface area contributed by atoms with Gasteiger partial charge in [0.15, 0.2) is 0 Å². The molecule has 2 nitrogen and oxygen atoms in total. The van der Waals surface area contributed by atoms with Crippen molar-refractivity contribution in [2.45, 2.75) is 50.7 Å². The Morgan fingerprint density at radius 1 is 1.50 bits per heavy atom. The number of rotatable bonds is 5. The van der Waals surface area contributed by atoms with Gasteiger partial charge in [0, 0.05) is 12.6 Å². The summed E-state index contributed by atoms with van der Waals surface area (Å²) in [6.45, 7) is 0.932. The van der Waals surface area contributed by atoms with E-state index < -0.39 is 0 Å². The summed E-state index contributed by atoms with van der Waals surface area (Å²) in [6.07, 6.45) is 7.37. The molecular weight excluding hydrogens is 218 g/mol. The quantitative estimate of drug-likeness (QED) is 0.857. The molecule has 1 aliphatic heterocycles. The van der Waals surface area contributed by atoms with E-state index in [1.54, 1.807) is 11.3 Å². The lowest BCUT2D eigenvalue weighted by Crippen LogP contribution is -2.30. The first kappa shape index (κ1) is 12.1. The van der Waals surface area contributed by atoms with Crippen molar-refractivity contribution in [3.05, 3.63) is 22.4 Å². The lowest BCUT2D eigenvalue weighted by Gasteiger charge is -2.25. The summed E-state index contributed by atoms with van der Waals surface area (Å²) in [4.78, 5) is 0. The molecule has 1 saturated heterocycles. The highest BCUT2D eigenvalue weighted by Crippen LogP contribution is 2.18. The molecule has 0 saturated carbocycles. The normalized spacial score (nSPS) is 23.2. The Kier molecular flexibility index (Phi) is 4.82. The lowest BCUT2D eigenvalue weighted by atomic mass is 9.98. The van der Waals surface area contributed by atoms with Gasteiger partial charge in [0.1, 0.15) is 0 Å². The molecule has 1 aromatic heterocycles. The van der Waals surface area contributed by atoms with E-state index in [0.717, 1.165) is 25.9 Å². The summed E-state index contributed by atoms with van der Waals surface area (Å²) >= 11 is 1.76. The topological polar surface area (TPSA) is 35.2 Å². The number of aryl methyl sites for hydroxylation is 1. The van der Waals surface area contributed by atoms with Crippen molar-refractivity contribution in [2.75, 3.05) is 6.61 Å². The van der Waals surface area contributed by atoms with Crippen LogP contribution in [-0.4, -0.2) is 18.8 Å². The van der Waals surface area contributed by atoms with Crippen LogP contribution in [0.1, 0.15) is 37.7 Å². The van der Waals surface area contributed by atoms with E-state index in [-0.39, 0.29) is 0 Å². The van der Waals surface area contributed by atoms with Gasteiger partial charge in [-0.3, -0.25) is 0 Å². The third kappa shape index (κ3) is 3.89. The first-order chi connectivity index (χ1) is 7.84. The van der Waals surface area contributed by atoms with Crippen molar-refractivity contribution in [3.8, 4) is 0 Å². The van der Waals surface area contributed by atoms with Gasteiger partial charge in [-0.1, -0.05) is 0 Å². The Balaban J connectivity index is 1.65. The standard InChI is InChI=1S/C13H21NOS/c14-12(5-4-11-6-8-16-10-11)9-13-3-1-2-7-15-13/h6,8,10,12-13H,1-5,7,9,14H2. The van der Waals surface area contributed by atoms with Crippen LogP contribution in [0.3, 0.4) is 0 Å². The minimum Gasteiger partial charge on any atom is -0.378 e. The van der Waals surface area contributed by atoms with E-state index >= 15 is 0 Å². The van der Waals surface area contributed by atoms with Crippen LogP contribution >= 0.6 is 11.3 Å². The van der Waals surface area contributed by atoms with Gasteiger partial charge in [-0.15, -0.1) is 0 Å². The largest absolute Gasteiger partial charge is 0.378 e. The Morgan fingerprint density at radius 3 is 3.12 bits per heavy atom. The van der Waals surface area contributed by atoms with Gasteiger partial charge in [-0.05, 0) is 60.9 Å². The van der Waals surface area contributed by atoms with Gasteiger partial charge in [-0.25, -0.2) is 0 Å². The molecule has 0 amide bonds. The highest BCUT2D eigenvalue weighted by atomic mass is 32.1. The SMILES string of the molecule is NC(CCc1ccsc1)CC1CCCCO1. The molecule has 0 radical (unpaired) electrons. The van der Waals surface area contributed by atoms with Crippen LogP contribution in [0.2, 0.25) is 0 Å². The molecule has 2 heterocycles. The van der Waals surface area contributed by atoms with Crippen LogP contribution in [-0.2, 0) is 11.2 Å². The molecule has 0 spiro atoms. The first-order valence-electron chi connectivity index (χ1n) is 6.23. The summed E-state index contributed by atoms with van der Waals surface area (Å²) in [5.74, 6) is 0. The van der Waals surface area contributed by atoms with E-state index in [4.69, 9.17) is 10.5 Å². The molecule has 1 aromatic rings. The average molecular weight is 239 g/mol. The highest BCUT2D eigenvalue weighted by molar-refractivity contribution is 7.07. The molecule has 0 aromatic carbocycles. The third-order valence-electron chi connectivity index (χ3n) is 3.22. The summed E-state index contributed by atoms with van der Waals surface area (Å²) in [7, 11) is 0. The smallest absolute Gasteiger partial charge is 0.0589 e. The molecule has 1 fully saturated rings. The molecule has 2 N–H and O–H groups in total. The fourth-order valence-electron chi connectivity index (χ4n) is 2.24. The zero-order valence-corrected chi connectivity index (χ0v) is 10.5. The summed E-state index contributed by atoms with van der Waals surface area (Å²) in [6, 6.07) is 2.48. The van der Waals surface area contributed by atoms with Crippen molar-refractivity contribution >= 4 is 11.3 Å². The van der Waals surface area contributed by atoms with Gasteiger partial charge in [0.25, 0.3) is 0 Å². The summed E-state index contributed by atoms with van der Waals surface area (Å²) < 4.78 is 5.71. The zero-order valence-electron chi connectivity index (χ0n) is 9.73. The highest BCUT2D eigenvalue weighted by Gasteiger charge is 2.17. The summed E-state index contributed by atoms with van der Waals surface area (Å²) in [5.41, 5.74) is 7.57. The monoisotopic (exact) mass is 239 g/mol. The molecule has 2 atom stereocenters. The Bertz CT molecular complexity index is 280. The Hall–Kier alpha value is -0.380. The van der Waals surface area contributed by atoms with Crippen molar-refractivity contribution in [2.24, 2.45) is 5.73 Å². The van der Waals surface area contributed by atoms with E-state index in [9.17, 15) is 0 Å². The molecule has 16 heavy (non-hydrogen) atoms. The van der Waals surface area contributed by atoms with Gasteiger partial charge in [0.05, 0.1) is 6.10 Å². The number of nitrogens with two attached hydrogens (primary N) is 1. The fraction of sp³-hybridized carbons (Fsp3) is 0.692. The molecule has 2 rings (SSSR count). The molecule has 90 valence electrons. The van der Waals surface area contributed by atoms with Crippen LogP contribution < -0.4 is 5.73 Å². The van der Waals surface area contributed by atoms with Crippen LogP contribution in [0.4, 0.5) is 0 Å². The second-order valence-corrected chi connectivity index (χ2v) is 5.43. The first-order valence-corrected chi connectivity index (χ1v) is 7.17.